The third-order valence-electron chi connectivity index (χ3n) is 11.2. The minimum absolute atomic E-state index is 0.0243. The van der Waals surface area contributed by atoms with Crippen molar-refractivity contribution in [2.24, 2.45) is 40.4 Å². The summed E-state index contributed by atoms with van der Waals surface area (Å²) in [6, 6.07) is 0. The summed E-state index contributed by atoms with van der Waals surface area (Å²) in [7, 11) is 0. The SMILES string of the molecule is CC1C2C(CC3C4CC=C5CC(O)CCC5(C)C4CCC32C)OC12CCCCN2. The van der Waals surface area contributed by atoms with Crippen molar-refractivity contribution in [3.8, 4) is 0 Å². The van der Waals surface area contributed by atoms with Crippen molar-refractivity contribution in [2.75, 3.05) is 6.54 Å². The minimum Gasteiger partial charge on any atom is -0.393 e. The highest BCUT2D eigenvalue weighted by Crippen LogP contribution is 2.70. The standard InChI is InChI=1S/C26H41NO2/c1-16-23-22(29-26(16)10-4-5-13-27-26)15-21-19-7-6-17-14-18(28)8-11-24(17,2)20(19)9-12-25(21,23)3/h6,16,18-23,27-28H,4-5,7-15H2,1-3H3. The summed E-state index contributed by atoms with van der Waals surface area (Å²) in [5.41, 5.74) is 2.36. The molecule has 0 radical (unpaired) electrons. The maximum Gasteiger partial charge on any atom is 0.122 e. The van der Waals surface area contributed by atoms with Crippen LogP contribution in [0.15, 0.2) is 11.6 Å². The summed E-state index contributed by atoms with van der Waals surface area (Å²) in [6.07, 6.45) is 15.2. The molecule has 10 unspecified atom stereocenters. The minimum atomic E-state index is -0.0981. The van der Waals surface area contributed by atoms with Crippen LogP contribution in [0.5, 0.6) is 0 Å². The van der Waals surface area contributed by atoms with Crippen LogP contribution in [0.4, 0.5) is 0 Å². The number of aliphatic hydroxyl groups excluding tert-OH is 1. The number of piperidine rings is 1. The topological polar surface area (TPSA) is 41.5 Å². The van der Waals surface area contributed by atoms with Gasteiger partial charge >= 0.3 is 0 Å². The Bertz CT molecular complexity index is 711. The van der Waals surface area contributed by atoms with E-state index < -0.39 is 0 Å². The van der Waals surface area contributed by atoms with Gasteiger partial charge in [0.15, 0.2) is 0 Å². The smallest absolute Gasteiger partial charge is 0.122 e. The highest BCUT2D eigenvalue weighted by Gasteiger charge is 2.67. The van der Waals surface area contributed by atoms with Crippen LogP contribution in [0.2, 0.25) is 0 Å². The Morgan fingerprint density at radius 1 is 1.10 bits per heavy atom. The van der Waals surface area contributed by atoms with Crippen molar-refractivity contribution in [3.63, 3.8) is 0 Å². The molecule has 2 aliphatic heterocycles. The van der Waals surface area contributed by atoms with Crippen LogP contribution in [0, 0.1) is 40.4 Å². The molecule has 2 N–H and O–H groups in total. The van der Waals surface area contributed by atoms with E-state index in [1.807, 2.05) is 0 Å². The van der Waals surface area contributed by atoms with Gasteiger partial charge in [-0.15, -0.1) is 0 Å². The van der Waals surface area contributed by atoms with E-state index in [1.54, 1.807) is 5.57 Å². The largest absolute Gasteiger partial charge is 0.393 e. The molecule has 6 aliphatic rings. The van der Waals surface area contributed by atoms with Gasteiger partial charge in [0.2, 0.25) is 0 Å². The summed E-state index contributed by atoms with van der Waals surface area (Å²) < 4.78 is 6.95. The lowest BCUT2D eigenvalue weighted by Gasteiger charge is -2.58. The Balaban J connectivity index is 1.30. The zero-order valence-electron chi connectivity index (χ0n) is 18.8. The van der Waals surface area contributed by atoms with Crippen molar-refractivity contribution in [1.82, 2.24) is 5.32 Å². The average Bonchev–Trinajstić information content (AvgIpc) is 3.14. The second-order valence-electron chi connectivity index (χ2n) is 12.2. The van der Waals surface area contributed by atoms with E-state index >= 15 is 0 Å². The summed E-state index contributed by atoms with van der Waals surface area (Å²) in [5.74, 6) is 3.83. The van der Waals surface area contributed by atoms with Crippen LogP contribution in [-0.4, -0.2) is 29.6 Å². The molecule has 4 aliphatic carbocycles. The Kier molecular flexibility index (Phi) is 4.21. The average molecular weight is 400 g/mol. The van der Waals surface area contributed by atoms with Crippen molar-refractivity contribution in [3.05, 3.63) is 11.6 Å². The van der Waals surface area contributed by atoms with Crippen LogP contribution in [0.1, 0.15) is 85.0 Å². The molecule has 0 aromatic heterocycles. The third kappa shape index (κ3) is 2.47. The number of nitrogens with one attached hydrogen (secondary N) is 1. The number of hydrogen-bond donors (Lipinski definition) is 2. The Hall–Kier alpha value is -0.380. The van der Waals surface area contributed by atoms with Gasteiger partial charge in [0.05, 0.1) is 12.2 Å². The molecular formula is C26H41NO2. The molecule has 0 aromatic carbocycles. The second-order valence-corrected chi connectivity index (χ2v) is 12.2. The molecule has 3 saturated carbocycles. The number of fused-ring (bicyclic) bond motifs is 7. The first-order valence-corrected chi connectivity index (χ1v) is 12.7. The summed E-state index contributed by atoms with van der Waals surface area (Å²) in [6.45, 7) is 8.82. The monoisotopic (exact) mass is 399 g/mol. The normalized spacial score (nSPS) is 58.9. The predicted octanol–water partition coefficient (Wildman–Crippen LogP) is 5.04. The lowest BCUT2D eigenvalue weighted by molar-refractivity contribution is -0.110. The van der Waals surface area contributed by atoms with Gasteiger partial charge in [0.1, 0.15) is 5.72 Å². The van der Waals surface area contributed by atoms with Crippen LogP contribution < -0.4 is 5.32 Å². The molecule has 2 saturated heterocycles. The molecule has 0 bridgehead atoms. The number of ether oxygens (including phenoxy) is 1. The van der Waals surface area contributed by atoms with Crippen LogP contribution in [0.25, 0.3) is 0 Å². The maximum absolute atomic E-state index is 10.2. The number of aliphatic hydroxyl groups is 1. The highest BCUT2D eigenvalue weighted by molar-refractivity contribution is 5.26. The van der Waals surface area contributed by atoms with Gasteiger partial charge in [-0.25, -0.2) is 0 Å². The number of hydrogen-bond acceptors (Lipinski definition) is 3. The molecule has 6 rings (SSSR count). The fourth-order valence-corrected chi connectivity index (χ4v) is 9.74. The summed E-state index contributed by atoms with van der Waals surface area (Å²) in [5, 5.41) is 14.1. The van der Waals surface area contributed by atoms with E-state index in [0.717, 1.165) is 43.1 Å². The van der Waals surface area contributed by atoms with Crippen molar-refractivity contribution in [2.45, 2.75) is 103 Å². The van der Waals surface area contributed by atoms with Crippen LogP contribution >= 0.6 is 0 Å². The Labute approximate surface area is 177 Å². The quantitative estimate of drug-likeness (QED) is 0.561. The first kappa shape index (κ1) is 19.3. The third-order valence-corrected chi connectivity index (χ3v) is 11.2. The zero-order chi connectivity index (χ0) is 20.0. The first-order valence-electron chi connectivity index (χ1n) is 12.7. The molecule has 2 heterocycles. The van der Waals surface area contributed by atoms with E-state index in [1.165, 1.54) is 51.4 Å². The molecule has 0 amide bonds. The summed E-state index contributed by atoms with van der Waals surface area (Å²) >= 11 is 0. The van der Waals surface area contributed by atoms with Gasteiger partial charge in [-0.2, -0.15) is 0 Å². The van der Waals surface area contributed by atoms with Crippen LogP contribution in [0.3, 0.4) is 0 Å². The fraction of sp³-hybridized carbons (Fsp3) is 0.923. The second kappa shape index (κ2) is 6.33. The lowest BCUT2D eigenvalue weighted by atomic mass is 9.47. The fourth-order valence-electron chi connectivity index (χ4n) is 9.74. The first-order chi connectivity index (χ1) is 13.9. The van der Waals surface area contributed by atoms with Crippen molar-refractivity contribution in [1.29, 1.82) is 0 Å². The van der Waals surface area contributed by atoms with E-state index in [0.29, 0.717) is 22.9 Å². The molecule has 5 fully saturated rings. The van der Waals surface area contributed by atoms with E-state index in [9.17, 15) is 5.11 Å². The van der Waals surface area contributed by atoms with Crippen LogP contribution in [-0.2, 0) is 4.74 Å². The van der Waals surface area contributed by atoms with E-state index in [-0.39, 0.29) is 11.8 Å². The maximum atomic E-state index is 10.2. The molecule has 0 aromatic rings. The van der Waals surface area contributed by atoms with Gasteiger partial charge in [-0.3, -0.25) is 5.32 Å². The molecule has 3 nitrogen and oxygen atoms in total. The predicted molar refractivity (Wildman–Crippen MR) is 115 cm³/mol. The Morgan fingerprint density at radius 2 is 1.97 bits per heavy atom. The van der Waals surface area contributed by atoms with Gasteiger partial charge in [0, 0.05) is 5.92 Å². The molecular weight excluding hydrogens is 358 g/mol. The zero-order valence-corrected chi connectivity index (χ0v) is 18.8. The van der Waals surface area contributed by atoms with E-state index in [4.69, 9.17) is 4.74 Å². The Morgan fingerprint density at radius 3 is 2.76 bits per heavy atom. The van der Waals surface area contributed by atoms with E-state index in [2.05, 4.69) is 32.2 Å². The van der Waals surface area contributed by atoms with Gasteiger partial charge in [-0.1, -0.05) is 32.4 Å². The molecule has 162 valence electrons. The molecule has 1 spiro atoms. The van der Waals surface area contributed by atoms with Gasteiger partial charge in [-0.05, 0) is 105 Å². The lowest BCUT2D eigenvalue weighted by Crippen LogP contribution is -2.55. The molecule has 10 atom stereocenters. The van der Waals surface area contributed by atoms with Crippen molar-refractivity contribution < 1.29 is 9.84 Å². The van der Waals surface area contributed by atoms with Gasteiger partial charge in [0.25, 0.3) is 0 Å². The molecule has 3 heteroatoms. The summed E-state index contributed by atoms with van der Waals surface area (Å²) in [4.78, 5) is 0. The van der Waals surface area contributed by atoms with Gasteiger partial charge < -0.3 is 9.84 Å². The highest BCUT2D eigenvalue weighted by atomic mass is 16.5. The number of rotatable bonds is 0. The molecule has 29 heavy (non-hydrogen) atoms. The van der Waals surface area contributed by atoms with Crippen molar-refractivity contribution >= 4 is 0 Å². The number of allylic oxidation sites excluding steroid dienone is 1.